The van der Waals surface area contributed by atoms with Gasteiger partial charge in [0.2, 0.25) is 0 Å². The Morgan fingerprint density at radius 2 is 1.92 bits per heavy atom. The minimum atomic E-state index is -0.872. The summed E-state index contributed by atoms with van der Waals surface area (Å²) in [6, 6.07) is 6.30. The SMILES string of the molecule is CCNC(=NCc1ccc(F)cc1)NCC(C)(O)CN1CCOCC1.I. The van der Waals surface area contributed by atoms with Crippen LogP contribution in [-0.2, 0) is 11.3 Å². The Morgan fingerprint density at radius 1 is 1.27 bits per heavy atom. The van der Waals surface area contributed by atoms with E-state index in [-0.39, 0.29) is 29.8 Å². The number of hydrogen-bond donors (Lipinski definition) is 3. The van der Waals surface area contributed by atoms with Gasteiger partial charge in [-0.15, -0.1) is 24.0 Å². The fraction of sp³-hybridized carbons (Fsp3) is 0.611. The predicted octanol–water partition coefficient (Wildman–Crippen LogP) is 1.58. The van der Waals surface area contributed by atoms with Crippen molar-refractivity contribution in [2.24, 2.45) is 4.99 Å². The number of ether oxygens (including phenoxy) is 1. The third-order valence-corrected chi connectivity index (χ3v) is 3.98. The maximum absolute atomic E-state index is 13.0. The Hall–Kier alpha value is -0.970. The molecule has 2 rings (SSSR count). The second-order valence-corrected chi connectivity index (χ2v) is 6.56. The van der Waals surface area contributed by atoms with Gasteiger partial charge in [0.15, 0.2) is 5.96 Å². The van der Waals surface area contributed by atoms with Crippen LogP contribution in [0.5, 0.6) is 0 Å². The van der Waals surface area contributed by atoms with E-state index in [1.807, 2.05) is 13.8 Å². The van der Waals surface area contributed by atoms with Crippen LogP contribution in [0.25, 0.3) is 0 Å². The van der Waals surface area contributed by atoms with Crippen molar-refractivity contribution in [2.75, 3.05) is 45.9 Å². The van der Waals surface area contributed by atoms with Crippen LogP contribution in [0.3, 0.4) is 0 Å². The summed E-state index contributed by atoms with van der Waals surface area (Å²) in [7, 11) is 0. The minimum Gasteiger partial charge on any atom is -0.387 e. The van der Waals surface area contributed by atoms with E-state index in [9.17, 15) is 9.50 Å². The highest BCUT2D eigenvalue weighted by atomic mass is 127. The van der Waals surface area contributed by atoms with Gasteiger partial charge in [0.1, 0.15) is 5.82 Å². The molecule has 6 nitrogen and oxygen atoms in total. The van der Waals surface area contributed by atoms with E-state index in [2.05, 4.69) is 20.5 Å². The lowest BCUT2D eigenvalue weighted by Gasteiger charge is -2.34. The highest BCUT2D eigenvalue weighted by Gasteiger charge is 2.25. The van der Waals surface area contributed by atoms with Gasteiger partial charge < -0.3 is 20.5 Å². The summed E-state index contributed by atoms with van der Waals surface area (Å²) >= 11 is 0. The molecule has 1 aromatic carbocycles. The lowest BCUT2D eigenvalue weighted by atomic mass is 10.1. The molecule has 1 unspecified atom stereocenters. The normalized spacial score (nSPS) is 17.9. The Morgan fingerprint density at radius 3 is 2.54 bits per heavy atom. The Labute approximate surface area is 172 Å². The molecule has 26 heavy (non-hydrogen) atoms. The van der Waals surface area contributed by atoms with Gasteiger partial charge in [0.25, 0.3) is 0 Å². The van der Waals surface area contributed by atoms with Crippen LogP contribution in [0.2, 0.25) is 0 Å². The number of β-amino-alcohol motifs (C(OH)–C–C–N with tert-alkyl or cyclic N) is 1. The van der Waals surface area contributed by atoms with Crippen molar-refractivity contribution in [2.45, 2.75) is 26.0 Å². The lowest BCUT2D eigenvalue weighted by molar-refractivity contribution is -0.0201. The Kier molecular flexibility index (Phi) is 10.4. The molecule has 148 valence electrons. The number of aliphatic imine (C=N–C) groups is 1. The number of guanidine groups is 1. The average Bonchev–Trinajstić information content (AvgIpc) is 2.59. The van der Waals surface area contributed by atoms with E-state index >= 15 is 0 Å². The molecule has 1 atom stereocenters. The van der Waals surface area contributed by atoms with Gasteiger partial charge in [0.05, 0.1) is 25.4 Å². The van der Waals surface area contributed by atoms with Crippen LogP contribution >= 0.6 is 24.0 Å². The summed E-state index contributed by atoms with van der Waals surface area (Å²) < 4.78 is 18.3. The molecule has 0 radical (unpaired) electrons. The molecule has 1 aliphatic heterocycles. The third kappa shape index (κ3) is 8.61. The fourth-order valence-corrected chi connectivity index (χ4v) is 2.67. The second kappa shape index (κ2) is 11.7. The zero-order valence-corrected chi connectivity index (χ0v) is 17.8. The first-order valence-electron chi connectivity index (χ1n) is 8.77. The van der Waals surface area contributed by atoms with Crippen molar-refractivity contribution >= 4 is 29.9 Å². The van der Waals surface area contributed by atoms with Gasteiger partial charge in [-0.3, -0.25) is 4.90 Å². The molecule has 0 amide bonds. The third-order valence-electron chi connectivity index (χ3n) is 3.98. The number of hydrogen-bond acceptors (Lipinski definition) is 4. The zero-order chi connectivity index (χ0) is 18.1. The highest BCUT2D eigenvalue weighted by molar-refractivity contribution is 14.0. The zero-order valence-electron chi connectivity index (χ0n) is 15.5. The molecule has 0 bridgehead atoms. The number of aliphatic hydroxyl groups is 1. The number of morpholine rings is 1. The summed E-state index contributed by atoms with van der Waals surface area (Å²) in [6.07, 6.45) is 0. The number of halogens is 2. The van der Waals surface area contributed by atoms with E-state index in [1.165, 1.54) is 12.1 Å². The van der Waals surface area contributed by atoms with Crippen molar-refractivity contribution in [3.8, 4) is 0 Å². The van der Waals surface area contributed by atoms with Crippen LogP contribution in [0.4, 0.5) is 4.39 Å². The molecular weight excluding hydrogens is 450 g/mol. The van der Waals surface area contributed by atoms with E-state index in [0.29, 0.717) is 38.8 Å². The van der Waals surface area contributed by atoms with Crippen LogP contribution in [0, 0.1) is 5.82 Å². The smallest absolute Gasteiger partial charge is 0.191 e. The minimum absolute atomic E-state index is 0. The summed E-state index contributed by atoms with van der Waals surface area (Å²) in [5.41, 5.74) is 0.0577. The molecule has 0 aliphatic carbocycles. The van der Waals surface area contributed by atoms with Crippen LogP contribution in [0.1, 0.15) is 19.4 Å². The maximum Gasteiger partial charge on any atom is 0.191 e. The van der Waals surface area contributed by atoms with Gasteiger partial charge in [-0.1, -0.05) is 12.1 Å². The van der Waals surface area contributed by atoms with Gasteiger partial charge >= 0.3 is 0 Å². The van der Waals surface area contributed by atoms with Crippen molar-refractivity contribution in [1.82, 2.24) is 15.5 Å². The molecular formula is C18H30FIN4O2. The van der Waals surface area contributed by atoms with Crippen LogP contribution in [-0.4, -0.2) is 67.5 Å². The molecule has 1 saturated heterocycles. The number of nitrogens with zero attached hydrogens (tertiary/aromatic N) is 2. The van der Waals surface area contributed by atoms with Crippen LogP contribution < -0.4 is 10.6 Å². The molecule has 0 saturated carbocycles. The Bertz CT molecular complexity index is 549. The van der Waals surface area contributed by atoms with Crippen LogP contribution in [0.15, 0.2) is 29.3 Å². The monoisotopic (exact) mass is 480 g/mol. The molecule has 1 fully saturated rings. The summed E-state index contributed by atoms with van der Waals surface area (Å²) in [5, 5.41) is 17.0. The summed E-state index contributed by atoms with van der Waals surface area (Å²) in [5.74, 6) is 0.381. The van der Waals surface area contributed by atoms with Crippen molar-refractivity contribution in [3.05, 3.63) is 35.6 Å². The van der Waals surface area contributed by atoms with Gasteiger partial charge in [0, 0.05) is 32.7 Å². The molecule has 1 aliphatic rings. The standard InChI is InChI=1S/C18H29FN4O2.HI/c1-3-20-17(21-12-15-4-6-16(19)7-5-15)22-13-18(2,24)14-23-8-10-25-11-9-23;/h4-7,24H,3,8-14H2,1-2H3,(H2,20,21,22);1H. The van der Waals surface area contributed by atoms with E-state index in [0.717, 1.165) is 25.2 Å². The summed E-state index contributed by atoms with van der Waals surface area (Å²) in [6.45, 7) is 9.06. The highest BCUT2D eigenvalue weighted by Crippen LogP contribution is 2.08. The molecule has 0 spiro atoms. The number of benzene rings is 1. The van der Waals surface area contributed by atoms with E-state index in [4.69, 9.17) is 4.74 Å². The fourth-order valence-electron chi connectivity index (χ4n) is 2.67. The van der Waals surface area contributed by atoms with Gasteiger partial charge in [-0.05, 0) is 31.5 Å². The lowest BCUT2D eigenvalue weighted by Crippen LogP contribution is -2.52. The number of nitrogens with one attached hydrogen (secondary N) is 2. The largest absolute Gasteiger partial charge is 0.387 e. The predicted molar refractivity (Wildman–Crippen MR) is 113 cm³/mol. The van der Waals surface area contributed by atoms with Gasteiger partial charge in [-0.2, -0.15) is 0 Å². The maximum atomic E-state index is 13.0. The molecule has 8 heteroatoms. The quantitative estimate of drug-likeness (QED) is 0.314. The molecule has 1 aromatic rings. The second-order valence-electron chi connectivity index (χ2n) is 6.56. The first kappa shape index (κ1) is 23.1. The topological polar surface area (TPSA) is 69.1 Å². The first-order valence-corrected chi connectivity index (χ1v) is 8.77. The summed E-state index contributed by atoms with van der Waals surface area (Å²) in [4.78, 5) is 6.69. The van der Waals surface area contributed by atoms with E-state index < -0.39 is 5.60 Å². The van der Waals surface area contributed by atoms with Crippen molar-refractivity contribution in [3.63, 3.8) is 0 Å². The number of rotatable bonds is 7. The van der Waals surface area contributed by atoms with Gasteiger partial charge in [-0.25, -0.2) is 9.38 Å². The average molecular weight is 480 g/mol. The van der Waals surface area contributed by atoms with Crippen molar-refractivity contribution < 1.29 is 14.2 Å². The van der Waals surface area contributed by atoms with E-state index in [1.54, 1.807) is 12.1 Å². The molecule has 0 aromatic heterocycles. The molecule has 1 heterocycles. The van der Waals surface area contributed by atoms with Crippen molar-refractivity contribution in [1.29, 1.82) is 0 Å². The molecule has 3 N–H and O–H groups in total. The first-order chi connectivity index (χ1) is 12.0. The Balaban J connectivity index is 0.00000338.